The molecule has 0 bridgehead atoms. The Kier molecular flexibility index (Phi) is 1.68. The third-order valence-corrected chi connectivity index (χ3v) is 2.31. The van der Waals surface area contributed by atoms with Gasteiger partial charge in [-0.3, -0.25) is 0 Å². The summed E-state index contributed by atoms with van der Waals surface area (Å²) in [4.78, 5) is 23.3. The van der Waals surface area contributed by atoms with Crippen LogP contribution < -0.4 is 0 Å². The van der Waals surface area contributed by atoms with E-state index in [1.54, 1.807) is 4.90 Å². The third kappa shape index (κ3) is 1.23. The molecule has 3 heterocycles. The van der Waals surface area contributed by atoms with Crippen molar-refractivity contribution in [1.82, 2.24) is 4.90 Å². The van der Waals surface area contributed by atoms with E-state index in [1.165, 1.54) is 0 Å². The van der Waals surface area contributed by atoms with E-state index in [9.17, 15) is 0 Å². The number of guanidine groups is 2. The molecule has 80 valence electrons. The van der Waals surface area contributed by atoms with Crippen LogP contribution in [0.3, 0.4) is 0 Å². The zero-order valence-corrected chi connectivity index (χ0v) is 9.26. The summed E-state index contributed by atoms with van der Waals surface area (Å²) in [5, 5.41) is 0. The Morgan fingerprint density at radius 1 is 0.812 bits per heavy atom. The van der Waals surface area contributed by atoms with Crippen LogP contribution in [0.25, 0.3) is 0 Å². The van der Waals surface area contributed by atoms with Crippen molar-refractivity contribution in [3.05, 3.63) is 11.8 Å². The quantitative estimate of drug-likeness (QED) is 0.597. The van der Waals surface area contributed by atoms with Crippen LogP contribution in [-0.4, -0.2) is 34.3 Å². The molecule has 0 N–H and O–H groups in total. The van der Waals surface area contributed by atoms with Crippen molar-refractivity contribution in [2.75, 3.05) is 0 Å². The summed E-state index contributed by atoms with van der Waals surface area (Å²) in [6.45, 7) is 5.60. The van der Waals surface area contributed by atoms with Gasteiger partial charge in [0.1, 0.15) is 17.5 Å². The highest BCUT2D eigenvalue weighted by Crippen LogP contribution is 2.18. The molecule has 0 fully saturated rings. The number of hydrogen-bond donors (Lipinski definition) is 0. The van der Waals surface area contributed by atoms with E-state index in [2.05, 4.69) is 25.0 Å². The SMILES string of the molecule is CC1=CC2=NC(C)=NC3=NC(C)=NC(=N1)N23. The molecule has 0 atom stereocenters. The standard InChI is InChI=1S/C10H10N6/c1-5-4-8-12-6(2)13-10-15-7(3)14-9(11-5)16(8)10/h4H,1-3H3. The lowest BCUT2D eigenvalue weighted by Gasteiger charge is -2.30. The number of rotatable bonds is 0. The molecule has 0 aromatic rings. The van der Waals surface area contributed by atoms with Crippen LogP contribution in [0.4, 0.5) is 0 Å². The Morgan fingerprint density at radius 2 is 1.44 bits per heavy atom. The molecular formula is C10H10N6. The van der Waals surface area contributed by atoms with Crippen molar-refractivity contribution >= 4 is 29.4 Å². The highest BCUT2D eigenvalue weighted by molar-refractivity contribution is 6.29. The Labute approximate surface area is 92.6 Å². The topological polar surface area (TPSA) is 65.0 Å². The van der Waals surface area contributed by atoms with Crippen LogP contribution in [-0.2, 0) is 0 Å². The highest BCUT2D eigenvalue weighted by atomic mass is 15.4. The minimum Gasteiger partial charge on any atom is -0.229 e. The van der Waals surface area contributed by atoms with Gasteiger partial charge in [0.2, 0.25) is 11.9 Å². The molecule has 0 aliphatic carbocycles. The molecule has 6 heteroatoms. The van der Waals surface area contributed by atoms with Gasteiger partial charge in [0.25, 0.3) is 0 Å². The maximum atomic E-state index is 4.35. The second-order valence-corrected chi connectivity index (χ2v) is 3.73. The predicted molar refractivity (Wildman–Crippen MR) is 64.1 cm³/mol. The summed E-state index contributed by atoms with van der Waals surface area (Å²) in [7, 11) is 0. The van der Waals surface area contributed by atoms with Crippen molar-refractivity contribution in [2.24, 2.45) is 25.0 Å². The number of amidine groups is 3. The van der Waals surface area contributed by atoms with Crippen LogP contribution in [0.1, 0.15) is 20.8 Å². The molecule has 3 rings (SSSR count). The number of aliphatic imine (C=N–C) groups is 5. The summed E-state index contributed by atoms with van der Waals surface area (Å²) < 4.78 is 0. The van der Waals surface area contributed by atoms with Gasteiger partial charge >= 0.3 is 0 Å². The molecule has 16 heavy (non-hydrogen) atoms. The van der Waals surface area contributed by atoms with Crippen LogP contribution in [0.2, 0.25) is 0 Å². The molecule has 0 radical (unpaired) electrons. The first kappa shape index (κ1) is 9.14. The zero-order valence-electron chi connectivity index (χ0n) is 9.26. The Balaban J connectivity index is 2.24. The number of hydrogen-bond acceptors (Lipinski definition) is 6. The molecule has 0 spiro atoms. The average molecular weight is 214 g/mol. The third-order valence-electron chi connectivity index (χ3n) is 2.31. The molecule has 3 aliphatic rings. The fourth-order valence-electron chi connectivity index (χ4n) is 1.72. The average Bonchev–Trinajstić information content (AvgIpc) is 2.14. The van der Waals surface area contributed by atoms with E-state index in [-0.39, 0.29) is 0 Å². The van der Waals surface area contributed by atoms with Crippen LogP contribution in [0.15, 0.2) is 36.7 Å². The molecule has 6 nitrogen and oxygen atoms in total. The van der Waals surface area contributed by atoms with E-state index in [4.69, 9.17) is 0 Å². The summed E-state index contributed by atoms with van der Waals surface area (Å²) in [5.74, 6) is 3.34. The van der Waals surface area contributed by atoms with E-state index in [0.29, 0.717) is 23.6 Å². The molecule has 0 saturated carbocycles. The maximum Gasteiger partial charge on any atom is 0.241 e. The van der Waals surface area contributed by atoms with Gasteiger partial charge in [-0.15, -0.1) is 0 Å². The summed E-state index contributed by atoms with van der Waals surface area (Å²) in [6.07, 6.45) is 1.90. The second kappa shape index (κ2) is 2.94. The van der Waals surface area contributed by atoms with Gasteiger partial charge in [-0.2, -0.15) is 15.0 Å². The Bertz CT molecular complexity index is 477. The molecule has 0 aromatic heterocycles. The van der Waals surface area contributed by atoms with Gasteiger partial charge in [-0.05, 0) is 20.8 Å². The highest BCUT2D eigenvalue weighted by Gasteiger charge is 2.31. The van der Waals surface area contributed by atoms with Gasteiger partial charge in [-0.25, -0.2) is 14.9 Å². The van der Waals surface area contributed by atoms with Gasteiger partial charge in [-0.1, -0.05) is 0 Å². The first-order chi connectivity index (χ1) is 7.63. The van der Waals surface area contributed by atoms with Gasteiger partial charge in [0.15, 0.2) is 0 Å². The summed E-state index contributed by atoms with van der Waals surface area (Å²) >= 11 is 0. The lowest BCUT2D eigenvalue weighted by molar-refractivity contribution is 0.835. The van der Waals surface area contributed by atoms with Crippen molar-refractivity contribution < 1.29 is 0 Å². The zero-order chi connectivity index (χ0) is 11.3. The Hall–Kier alpha value is -2.11. The van der Waals surface area contributed by atoms with Gasteiger partial charge < -0.3 is 0 Å². The Morgan fingerprint density at radius 3 is 2.19 bits per heavy atom. The second-order valence-electron chi connectivity index (χ2n) is 3.73. The normalized spacial score (nSPS) is 22.3. The van der Waals surface area contributed by atoms with Crippen molar-refractivity contribution in [1.29, 1.82) is 0 Å². The first-order valence-corrected chi connectivity index (χ1v) is 4.98. The number of allylic oxidation sites excluding steroid dienone is 1. The van der Waals surface area contributed by atoms with Crippen molar-refractivity contribution in [2.45, 2.75) is 20.8 Å². The summed E-state index contributed by atoms with van der Waals surface area (Å²) in [6, 6.07) is 0. The monoisotopic (exact) mass is 214 g/mol. The van der Waals surface area contributed by atoms with Gasteiger partial charge in [0.05, 0.1) is 0 Å². The molecule has 0 saturated heterocycles. The molecular weight excluding hydrogens is 204 g/mol. The van der Waals surface area contributed by atoms with E-state index in [0.717, 1.165) is 11.5 Å². The fraction of sp³-hybridized carbons (Fsp3) is 0.300. The molecule has 0 amide bonds. The molecule has 0 unspecified atom stereocenters. The number of nitrogens with zero attached hydrogens (tertiary/aromatic N) is 6. The first-order valence-electron chi connectivity index (χ1n) is 4.98. The summed E-state index contributed by atoms with van der Waals surface area (Å²) in [5.41, 5.74) is 0.887. The lowest BCUT2D eigenvalue weighted by Crippen LogP contribution is -2.46. The van der Waals surface area contributed by atoms with E-state index < -0.39 is 0 Å². The maximum absolute atomic E-state index is 4.35. The van der Waals surface area contributed by atoms with E-state index in [1.807, 2.05) is 26.8 Å². The molecule has 3 aliphatic heterocycles. The van der Waals surface area contributed by atoms with Crippen molar-refractivity contribution in [3.63, 3.8) is 0 Å². The van der Waals surface area contributed by atoms with E-state index >= 15 is 0 Å². The van der Waals surface area contributed by atoms with Gasteiger partial charge in [0, 0.05) is 11.8 Å². The van der Waals surface area contributed by atoms with Crippen molar-refractivity contribution in [3.8, 4) is 0 Å². The predicted octanol–water partition coefficient (Wildman–Crippen LogP) is 1.18. The minimum atomic E-state index is 0.595. The smallest absolute Gasteiger partial charge is 0.229 e. The van der Waals surface area contributed by atoms with Crippen LogP contribution >= 0.6 is 0 Å². The fourth-order valence-corrected chi connectivity index (χ4v) is 1.72. The molecule has 0 aromatic carbocycles. The lowest BCUT2D eigenvalue weighted by atomic mass is 10.3. The largest absolute Gasteiger partial charge is 0.241 e. The van der Waals surface area contributed by atoms with Crippen LogP contribution in [0, 0.1) is 0 Å². The minimum absolute atomic E-state index is 0.595. The van der Waals surface area contributed by atoms with Crippen LogP contribution in [0.5, 0.6) is 0 Å².